The minimum atomic E-state index is 1.01. The number of hydrogen-bond donors (Lipinski definition) is 0. The van der Waals surface area contributed by atoms with Gasteiger partial charge in [-0.1, -0.05) is 22.9 Å². The number of benzene rings is 1. The maximum Gasteiger partial charge on any atom is 0.123 e. The van der Waals surface area contributed by atoms with E-state index in [1.165, 1.54) is 15.6 Å². The van der Waals surface area contributed by atoms with Gasteiger partial charge in [0.05, 0.1) is 7.11 Å². The molecule has 0 radical (unpaired) electrons. The summed E-state index contributed by atoms with van der Waals surface area (Å²) in [5.41, 5.74) is 2.72. The summed E-state index contributed by atoms with van der Waals surface area (Å²) >= 11 is 3.59. The third kappa shape index (κ3) is 1.55. The highest BCUT2D eigenvalue weighted by atomic mass is 79.9. The molecule has 1 aliphatic rings. The van der Waals surface area contributed by atoms with Crippen LogP contribution in [0.3, 0.4) is 0 Å². The first kappa shape index (κ1) is 9.99. The van der Waals surface area contributed by atoms with Crippen LogP contribution in [0.15, 0.2) is 16.6 Å². The first-order chi connectivity index (χ1) is 6.76. The lowest BCUT2D eigenvalue weighted by Gasteiger charge is -2.10. The van der Waals surface area contributed by atoms with Crippen LogP contribution in [0.2, 0.25) is 0 Å². The number of methoxy groups -OCH3 is 1. The van der Waals surface area contributed by atoms with E-state index in [2.05, 4.69) is 33.8 Å². The molecule has 1 heterocycles. The van der Waals surface area contributed by atoms with Crippen molar-refractivity contribution < 1.29 is 4.74 Å². The molecule has 0 amide bonds. The molecular weight excluding hydrogens is 242 g/mol. The molecule has 0 fully saturated rings. The molecule has 0 unspecified atom stereocenters. The molecule has 2 rings (SSSR count). The van der Waals surface area contributed by atoms with Crippen molar-refractivity contribution in [2.75, 3.05) is 13.7 Å². The van der Waals surface area contributed by atoms with E-state index in [9.17, 15) is 0 Å². The average molecular weight is 256 g/mol. The lowest BCUT2D eigenvalue weighted by Crippen LogP contribution is -2.14. The van der Waals surface area contributed by atoms with Crippen molar-refractivity contribution in [2.45, 2.75) is 20.0 Å². The van der Waals surface area contributed by atoms with Crippen LogP contribution in [-0.2, 0) is 13.1 Å². The van der Waals surface area contributed by atoms with Crippen molar-refractivity contribution in [3.63, 3.8) is 0 Å². The van der Waals surface area contributed by atoms with Crippen LogP contribution < -0.4 is 4.74 Å². The summed E-state index contributed by atoms with van der Waals surface area (Å²) in [6.07, 6.45) is 0. The second kappa shape index (κ2) is 3.91. The van der Waals surface area contributed by atoms with E-state index in [1.54, 1.807) is 7.11 Å². The summed E-state index contributed by atoms with van der Waals surface area (Å²) in [7, 11) is 1.73. The maximum absolute atomic E-state index is 5.36. The van der Waals surface area contributed by atoms with Crippen LogP contribution in [0.5, 0.6) is 5.75 Å². The molecule has 0 saturated heterocycles. The fourth-order valence-electron chi connectivity index (χ4n) is 1.91. The van der Waals surface area contributed by atoms with Crippen molar-refractivity contribution in [3.05, 3.63) is 27.7 Å². The Labute approximate surface area is 93.0 Å². The van der Waals surface area contributed by atoms with E-state index < -0.39 is 0 Å². The second-order valence-electron chi connectivity index (χ2n) is 3.51. The molecule has 1 aliphatic heterocycles. The lowest BCUT2D eigenvalue weighted by molar-refractivity contribution is 0.297. The number of halogens is 1. The van der Waals surface area contributed by atoms with Crippen LogP contribution in [0, 0.1) is 0 Å². The molecule has 0 atom stereocenters. The van der Waals surface area contributed by atoms with Crippen LogP contribution in [-0.4, -0.2) is 18.6 Å². The maximum atomic E-state index is 5.36. The van der Waals surface area contributed by atoms with Crippen molar-refractivity contribution in [3.8, 4) is 5.75 Å². The summed E-state index contributed by atoms with van der Waals surface area (Å²) in [6.45, 7) is 5.31. The molecule has 3 heteroatoms. The predicted molar refractivity (Wildman–Crippen MR) is 60.5 cm³/mol. The Hall–Kier alpha value is -0.540. The molecule has 0 spiro atoms. The van der Waals surface area contributed by atoms with Crippen molar-refractivity contribution in [1.82, 2.24) is 4.90 Å². The molecule has 0 N–H and O–H groups in total. The third-order valence-corrected chi connectivity index (χ3v) is 3.50. The van der Waals surface area contributed by atoms with Crippen molar-refractivity contribution in [1.29, 1.82) is 0 Å². The zero-order valence-electron chi connectivity index (χ0n) is 8.51. The van der Waals surface area contributed by atoms with Gasteiger partial charge in [0.15, 0.2) is 0 Å². The summed E-state index contributed by atoms with van der Waals surface area (Å²) in [5, 5.41) is 0. The Morgan fingerprint density at radius 1 is 1.36 bits per heavy atom. The summed E-state index contributed by atoms with van der Waals surface area (Å²) < 4.78 is 6.56. The molecular formula is C11H14BrNO. The number of rotatable bonds is 2. The van der Waals surface area contributed by atoms with Gasteiger partial charge in [-0.15, -0.1) is 0 Å². The molecule has 1 aromatic carbocycles. The molecule has 1 aromatic rings. The second-order valence-corrected chi connectivity index (χ2v) is 4.36. The van der Waals surface area contributed by atoms with Gasteiger partial charge in [-0.05, 0) is 24.2 Å². The van der Waals surface area contributed by atoms with E-state index in [0.29, 0.717) is 0 Å². The van der Waals surface area contributed by atoms with Gasteiger partial charge in [-0.3, -0.25) is 4.90 Å². The van der Waals surface area contributed by atoms with Gasteiger partial charge in [0.2, 0.25) is 0 Å². The monoisotopic (exact) mass is 255 g/mol. The molecule has 2 nitrogen and oxygen atoms in total. The van der Waals surface area contributed by atoms with Crippen LogP contribution in [0.1, 0.15) is 18.1 Å². The Balaban J connectivity index is 2.42. The van der Waals surface area contributed by atoms with Crippen molar-refractivity contribution in [2.24, 2.45) is 0 Å². The van der Waals surface area contributed by atoms with E-state index in [4.69, 9.17) is 4.74 Å². The summed E-state index contributed by atoms with van der Waals surface area (Å²) in [6, 6.07) is 4.10. The van der Waals surface area contributed by atoms with Gasteiger partial charge >= 0.3 is 0 Å². The molecule has 76 valence electrons. The molecule has 14 heavy (non-hydrogen) atoms. The SMILES string of the molecule is CCN1Cc2c(Br)ccc(OC)c2C1. The van der Waals surface area contributed by atoms with Crippen LogP contribution >= 0.6 is 15.9 Å². The van der Waals surface area contributed by atoms with Gasteiger partial charge in [-0.25, -0.2) is 0 Å². The predicted octanol–water partition coefficient (Wildman–Crippen LogP) is 2.79. The van der Waals surface area contributed by atoms with E-state index in [-0.39, 0.29) is 0 Å². The number of ether oxygens (including phenoxy) is 1. The Bertz CT molecular complexity index is 351. The van der Waals surface area contributed by atoms with E-state index >= 15 is 0 Å². The fourth-order valence-corrected chi connectivity index (χ4v) is 2.40. The average Bonchev–Trinajstić information content (AvgIpc) is 2.63. The number of hydrogen-bond acceptors (Lipinski definition) is 2. The largest absolute Gasteiger partial charge is 0.496 e. The highest BCUT2D eigenvalue weighted by molar-refractivity contribution is 9.10. The minimum Gasteiger partial charge on any atom is -0.496 e. The number of nitrogens with zero attached hydrogens (tertiary/aromatic N) is 1. The van der Waals surface area contributed by atoms with Gasteiger partial charge in [0.1, 0.15) is 5.75 Å². The molecule has 0 saturated carbocycles. The molecule has 0 aromatic heterocycles. The van der Waals surface area contributed by atoms with E-state index in [0.717, 1.165) is 25.4 Å². The molecule has 0 bridgehead atoms. The quantitative estimate of drug-likeness (QED) is 0.806. The Morgan fingerprint density at radius 2 is 2.07 bits per heavy atom. The van der Waals surface area contributed by atoms with Gasteiger partial charge < -0.3 is 4.74 Å². The van der Waals surface area contributed by atoms with Gasteiger partial charge in [0.25, 0.3) is 0 Å². The topological polar surface area (TPSA) is 12.5 Å². The zero-order chi connectivity index (χ0) is 10.1. The van der Waals surface area contributed by atoms with Crippen molar-refractivity contribution >= 4 is 15.9 Å². The highest BCUT2D eigenvalue weighted by Gasteiger charge is 2.22. The minimum absolute atomic E-state index is 1.01. The Morgan fingerprint density at radius 3 is 2.71 bits per heavy atom. The lowest BCUT2D eigenvalue weighted by atomic mass is 10.1. The first-order valence-corrected chi connectivity index (χ1v) is 5.62. The third-order valence-electron chi connectivity index (χ3n) is 2.76. The van der Waals surface area contributed by atoms with Gasteiger partial charge in [0, 0.05) is 23.1 Å². The summed E-state index contributed by atoms with van der Waals surface area (Å²) in [4.78, 5) is 2.40. The fraction of sp³-hybridized carbons (Fsp3) is 0.455. The smallest absolute Gasteiger partial charge is 0.123 e. The number of fused-ring (bicyclic) bond motifs is 1. The van der Waals surface area contributed by atoms with E-state index in [1.807, 2.05) is 6.07 Å². The normalized spacial score (nSPS) is 15.6. The van der Waals surface area contributed by atoms with Crippen LogP contribution in [0.25, 0.3) is 0 Å². The molecule has 0 aliphatic carbocycles. The first-order valence-electron chi connectivity index (χ1n) is 4.82. The standard InChI is InChI=1S/C11H14BrNO/c1-3-13-6-8-9(7-13)11(14-2)5-4-10(8)12/h4-5H,3,6-7H2,1-2H3. The van der Waals surface area contributed by atoms with Crippen LogP contribution in [0.4, 0.5) is 0 Å². The summed E-state index contributed by atoms with van der Waals surface area (Å²) in [5.74, 6) is 1.01. The zero-order valence-corrected chi connectivity index (χ0v) is 10.1. The van der Waals surface area contributed by atoms with Gasteiger partial charge in [-0.2, -0.15) is 0 Å². The highest BCUT2D eigenvalue weighted by Crippen LogP contribution is 2.35. The Kier molecular flexibility index (Phi) is 2.79.